The molecule has 0 aliphatic rings. The molecule has 5 heteroatoms. The van der Waals surface area contributed by atoms with Crippen LogP contribution in [-0.2, 0) is 5.41 Å². The van der Waals surface area contributed by atoms with E-state index >= 15 is 0 Å². The Kier molecular flexibility index (Phi) is 6.28. The normalized spacial score (nSPS) is 11.5. The maximum atomic E-state index is 8.58. The lowest BCUT2D eigenvalue weighted by Gasteiger charge is -2.19. The highest BCUT2D eigenvalue weighted by molar-refractivity contribution is 5.80. The number of benzene rings is 2. The largest absolute Gasteiger partial charge is 0.493 e. The van der Waals surface area contributed by atoms with E-state index in [0.717, 1.165) is 11.3 Å². The van der Waals surface area contributed by atoms with E-state index in [0.29, 0.717) is 24.7 Å². The Morgan fingerprint density at radius 3 is 2.24 bits per heavy atom. The molecule has 0 saturated heterocycles. The fraction of sp³-hybridized carbons (Fsp3) is 0.350. The van der Waals surface area contributed by atoms with Crippen LogP contribution in [0.3, 0.4) is 0 Å². The molecule has 25 heavy (non-hydrogen) atoms. The Balaban J connectivity index is 1.87. The van der Waals surface area contributed by atoms with Gasteiger partial charge in [-0.3, -0.25) is 0 Å². The quantitative estimate of drug-likeness (QED) is 0.353. The average Bonchev–Trinajstić information content (AvgIpc) is 2.59. The summed E-state index contributed by atoms with van der Waals surface area (Å²) in [5, 5.41) is 11.6. The molecule has 0 saturated carbocycles. The van der Waals surface area contributed by atoms with Crippen molar-refractivity contribution in [3.63, 3.8) is 0 Å². The molecule has 0 aliphatic heterocycles. The number of ether oxygens (including phenoxy) is 3. The standard InChI is InChI=1S/C20H25NO4/c1-20(2,3)16-6-8-17(9-7-16)24-11-12-25-18-10-5-15(14-21-22)13-19(18)23-4/h5-10,13-14,22H,11-12H2,1-4H3. The monoisotopic (exact) mass is 343 g/mol. The first-order chi connectivity index (χ1) is 11.9. The smallest absolute Gasteiger partial charge is 0.161 e. The highest BCUT2D eigenvalue weighted by Crippen LogP contribution is 2.28. The molecule has 0 aliphatic carbocycles. The van der Waals surface area contributed by atoms with E-state index in [1.807, 2.05) is 12.1 Å². The minimum atomic E-state index is 0.130. The second-order valence-electron chi connectivity index (χ2n) is 6.63. The zero-order chi connectivity index (χ0) is 18.3. The summed E-state index contributed by atoms with van der Waals surface area (Å²) in [7, 11) is 1.56. The lowest BCUT2D eigenvalue weighted by atomic mass is 9.87. The van der Waals surface area contributed by atoms with Crippen molar-refractivity contribution in [1.29, 1.82) is 0 Å². The molecule has 0 amide bonds. The van der Waals surface area contributed by atoms with E-state index in [1.165, 1.54) is 11.8 Å². The number of hydrogen-bond acceptors (Lipinski definition) is 5. The Bertz CT molecular complexity index is 703. The summed E-state index contributed by atoms with van der Waals surface area (Å²) in [6, 6.07) is 13.4. The van der Waals surface area contributed by atoms with Crippen molar-refractivity contribution < 1.29 is 19.4 Å². The lowest BCUT2D eigenvalue weighted by Crippen LogP contribution is -2.12. The first-order valence-electron chi connectivity index (χ1n) is 8.15. The fourth-order valence-electron chi connectivity index (χ4n) is 2.31. The summed E-state index contributed by atoms with van der Waals surface area (Å²) in [4.78, 5) is 0. The van der Waals surface area contributed by atoms with Crippen LogP contribution in [0.2, 0.25) is 0 Å². The van der Waals surface area contributed by atoms with E-state index in [1.54, 1.807) is 25.3 Å². The summed E-state index contributed by atoms with van der Waals surface area (Å²) < 4.78 is 16.7. The van der Waals surface area contributed by atoms with Crippen LogP contribution in [0.4, 0.5) is 0 Å². The van der Waals surface area contributed by atoms with Crippen molar-refractivity contribution in [1.82, 2.24) is 0 Å². The maximum Gasteiger partial charge on any atom is 0.161 e. The number of rotatable bonds is 7. The summed E-state index contributed by atoms with van der Waals surface area (Å²) in [5.41, 5.74) is 2.12. The number of oxime groups is 1. The molecule has 2 aromatic rings. The van der Waals surface area contributed by atoms with Gasteiger partial charge in [-0.15, -0.1) is 0 Å². The molecule has 1 N–H and O–H groups in total. The molecule has 0 heterocycles. The van der Waals surface area contributed by atoms with Crippen molar-refractivity contribution in [3.8, 4) is 17.2 Å². The van der Waals surface area contributed by atoms with Gasteiger partial charge in [0, 0.05) is 5.56 Å². The van der Waals surface area contributed by atoms with Crippen LogP contribution < -0.4 is 14.2 Å². The highest BCUT2D eigenvalue weighted by Gasteiger charge is 2.13. The van der Waals surface area contributed by atoms with Crippen LogP contribution >= 0.6 is 0 Å². The van der Waals surface area contributed by atoms with Gasteiger partial charge in [0.05, 0.1) is 13.3 Å². The van der Waals surface area contributed by atoms with Gasteiger partial charge in [0.25, 0.3) is 0 Å². The van der Waals surface area contributed by atoms with Gasteiger partial charge >= 0.3 is 0 Å². The van der Waals surface area contributed by atoms with Gasteiger partial charge in [0.2, 0.25) is 0 Å². The summed E-state index contributed by atoms with van der Waals surface area (Å²) in [6.45, 7) is 7.37. The molecule has 0 fully saturated rings. The van der Waals surface area contributed by atoms with Gasteiger partial charge in [0.15, 0.2) is 11.5 Å². The predicted octanol–water partition coefficient (Wildman–Crippen LogP) is 4.26. The van der Waals surface area contributed by atoms with Gasteiger partial charge < -0.3 is 19.4 Å². The van der Waals surface area contributed by atoms with Crippen LogP contribution in [0.1, 0.15) is 31.9 Å². The molecule has 0 atom stereocenters. The lowest BCUT2D eigenvalue weighted by molar-refractivity contribution is 0.211. The minimum Gasteiger partial charge on any atom is -0.493 e. The summed E-state index contributed by atoms with van der Waals surface area (Å²) in [5.74, 6) is 2.01. The predicted molar refractivity (Wildman–Crippen MR) is 98.5 cm³/mol. The zero-order valence-corrected chi connectivity index (χ0v) is 15.2. The Labute approximate surface area is 148 Å². The molecular weight excluding hydrogens is 318 g/mol. The molecule has 0 unspecified atom stereocenters. The van der Waals surface area contributed by atoms with Crippen molar-refractivity contribution in [3.05, 3.63) is 53.6 Å². The molecule has 2 aromatic carbocycles. The van der Waals surface area contributed by atoms with E-state index in [4.69, 9.17) is 19.4 Å². The van der Waals surface area contributed by atoms with Crippen LogP contribution in [0, 0.1) is 0 Å². The van der Waals surface area contributed by atoms with Crippen LogP contribution in [0.15, 0.2) is 47.6 Å². The van der Waals surface area contributed by atoms with Gasteiger partial charge in [-0.25, -0.2) is 0 Å². The maximum absolute atomic E-state index is 8.58. The first-order valence-corrected chi connectivity index (χ1v) is 8.15. The molecule has 0 radical (unpaired) electrons. The highest BCUT2D eigenvalue weighted by atomic mass is 16.5. The molecule has 134 valence electrons. The third-order valence-corrected chi connectivity index (χ3v) is 3.72. The van der Waals surface area contributed by atoms with Crippen molar-refractivity contribution in [2.24, 2.45) is 5.16 Å². The average molecular weight is 343 g/mol. The molecule has 0 bridgehead atoms. The third-order valence-electron chi connectivity index (χ3n) is 3.72. The van der Waals surface area contributed by atoms with Gasteiger partial charge in [-0.05, 0) is 41.3 Å². The van der Waals surface area contributed by atoms with E-state index < -0.39 is 0 Å². The summed E-state index contributed by atoms with van der Waals surface area (Å²) in [6.07, 6.45) is 1.33. The van der Waals surface area contributed by atoms with E-state index in [2.05, 4.69) is 38.1 Å². The molecule has 0 spiro atoms. The minimum absolute atomic E-state index is 0.130. The topological polar surface area (TPSA) is 60.3 Å². The Hall–Kier alpha value is -2.69. The van der Waals surface area contributed by atoms with Gasteiger partial charge in [-0.1, -0.05) is 38.1 Å². The third kappa shape index (κ3) is 5.41. The molecule has 5 nitrogen and oxygen atoms in total. The van der Waals surface area contributed by atoms with Crippen molar-refractivity contribution in [2.45, 2.75) is 26.2 Å². The van der Waals surface area contributed by atoms with Crippen LogP contribution in [-0.4, -0.2) is 31.7 Å². The first kappa shape index (κ1) is 18.6. The second-order valence-corrected chi connectivity index (χ2v) is 6.63. The zero-order valence-electron chi connectivity index (χ0n) is 15.2. The fourth-order valence-corrected chi connectivity index (χ4v) is 2.31. The van der Waals surface area contributed by atoms with E-state index in [-0.39, 0.29) is 5.41 Å². The van der Waals surface area contributed by atoms with Crippen molar-refractivity contribution >= 4 is 6.21 Å². The Morgan fingerprint density at radius 2 is 1.64 bits per heavy atom. The molecular formula is C20H25NO4. The summed E-state index contributed by atoms with van der Waals surface area (Å²) >= 11 is 0. The Morgan fingerprint density at radius 1 is 0.960 bits per heavy atom. The SMILES string of the molecule is COc1cc(C=NO)ccc1OCCOc1ccc(C(C)(C)C)cc1. The van der Waals surface area contributed by atoms with E-state index in [9.17, 15) is 0 Å². The van der Waals surface area contributed by atoms with Gasteiger partial charge in [-0.2, -0.15) is 0 Å². The molecule has 0 aromatic heterocycles. The molecule has 2 rings (SSSR count). The number of nitrogens with zero attached hydrogens (tertiary/aromatic N) is 1. The number of methoxy groups -OCH3 is 1. The number of hydrogen-bond donors (Lipinski definition) is 1. The van der Waals surface area contributed by atoms with Crippen molar-refractivity contribution in [2.75, 3.05) is 20.3 Å². The van der Waals surface area contributed by atoms with Gasteiger partial charge in [0.1, 0.15) is 19.0 Å². The van der Waals surface area contributed by atoms with Crippen LogP contribution in [0.25, 0.3) is 0 Å². The van der Waals surface area contributed by atoms with Crippen LogP contribution in [0.5, 0.6) is 17.2 Å². The second kappa shape index (κ2) is 8.42.